The van der Waals surface area contributed by atoms with Crippen LogP contribution < -0.4 is 15.6 Å². The first-order valence-electron chi connectivity index (χ1n) is 15.0. The smallest absolute Gasteiger partial charge is 0.262 e. The van der Waals surface area contributed by atoms with Crippen molar-refractivity contribution in [1.29, 1.82) is 0 Å². The van der Waals surface area contributed by atoms with Crippen LogP contribution in [0.15, 0.2) is 47.4 Å². The number of H-pyrrole nitrogens is 2. The zero-order valence-corrected chi connectivity index (χ0v) is 25.2. The van der Waals surface area contributed by atoms with Gasteiger partial charge in [0, 0.05) is 25.8 Å². The number of aliphatic hydroxyl groups is 1. The number of nitrogens with zero attached hydrogens (tertiary/aromatic N) is 3. The van der Waals surface area contributed by atoms with Gasteiger partial charge in [-0.25, -0.2) is 4.98 Å². The molecule has 228 valence electrons. The van der Waals surface area contributed by atoms with E-state index in [2.05, 4.69) is 32.2 Å². The van der Waals surface area contributed by atoms with E-state index in [1.165, 1.54) is 11.1 Å². The van der Waals surface area contributed by atoms with Crippen molar-refractivity contribution in [1.82, 2.24) is 24.8 Å². The van der Waals surface area contributed by atoms with Gasteiger partial charge in [0.2, 0.25) is 0 Å². The molecule has 3 atom stereocenters. The van der Waals surface area contributed by atoms with Gasteiger partial charge in [-0.15, -0.1) is 0 Å². The molecule has 1 aliphatic carbocycles. The number of aliphatic hydroxyl groups excluding tert-OH is 1. The first-order chi connectivity index (χ1) is 21.0. The lowest BCUT2D eigenvalue weighted by Crippen LogP contribution is -2.49. The van der Waals surface area contributed by atoms with Crippen LogP contribution in [0.3, 0.4) is 0 Å². The average Bonchev–Trinajstić information content (AvgIpc) is 3.34. The van der Waals surface area contributed by atoms with E-state index in [0.29, 0.717) is 45.4 Å². The Kier molecular flexibility index (Phi) is 6.63. The molecule has 11 heteroatoms. The fourth-order valence-electron chi connectivity index (χ4n) is 6.94. The SMILES string of the molecule is Cc1ccc(OCC(O)CNc2cc[nH]c(=O)c2-c2nc3cc4c(cc3[nH]2)C(=O)N(C2(C)CC2C2CN(C)C2)C4=O)c(C)c1. The number of benzene rings is 2. The van der Waals surface area contributed by atoms with E-state index in [4.69, 9.17) is 4.74 Å². The van der Waals surface area contributed by atoms with E-state index >= 15 is 0 Å². The molecule has 3 unspecified atom stereocenters. The lowest BCUT2D eigenvalue weighted by Gasteiger charge is -2.38. The third kappa shape index (κ3) is 4.67. The van der Waals surface area contributed by atoms with Crippen molar-refractivity contribution in [3.8, 4) is 17.1 Å². The van der Waals surface area contributed by atoms with E-state index in [-0.39, 0.29) is 41.9 Å². The van der Waals surface area contributed by atoms with Crippen LogP contribution in [0.2, 0.25) is 0 Å². The molecule has 2 fully saturated rings. The number of aryl methyl sites for hydroxylation is 2. The monoisotopic (exact) mass is 596 g/mol. The number of likely N-dealkylation sites (tertiary alicyclic amines) is 1. The number of imide groups is 1. The van der Waals surface area contributed by atoms with Crippen LogP contribution >= 0.6 is 0 Å². The van der Waals surface area contributed by atoms with Crippen LogP contribution in [0, 0.1) is 25.7 Å². The predicted molar refractivity (Wildman–Crippen MR) is 166 cm³/mol. The highest BCUT2D eigenvalue weighted by molar-refractivity contribution is 6.23. The van der Waals surface area contributed by atoms with E-state index in [1.54, 1.807) is 18.2 Å². The lowest BCUT2D eigenvalue weighted by molar-refractivity contribution is 0.0493. The van der Waals surface area contributed by atoms with Crippen molar-refractivity contribution in [3.05, 3.63) is 75.2 Å². The highest BCUT2D eigenvalue weighted by Crippen LogP contribution is 2.56. The van der Waals surface area contributed by atoms with Crippen LogP contribution in [0.5, 0.6) is 5.75 Å². The summed E-state index contributed by atoms with van der Waals surface area (Å²) in [6, 6.07) is 10.9. The summed E-state index contributed by atoms with van der Waals surface area (Å²) in [4.78, 5) is 54.3. The lowest BCUT2D eigenvalue weighted by atomic mass is 9.92. The van der Waals surface area contributed by atoms with Gasteiger partial charge in [0.15, 0.2) is 0 Å². The summed E-state index contributed by atoms with van der Waals surface area (Å²) in [5.41, 5.74) is 3.73. The second-order valence-corrected chi connectivity index (χ2v) is 12.8. The molecule has 4 heterocycles. The van der Waals surface area contributed by atoms with Crippen LogP contribution in [0.4, 0.5) is 5.69 Å². The Bertz CT molecular complexity index is 1820. The Hall–Kier alpha value is -4.48. The number of carbonyl (C=O) groups excluding carboxylic acids is 2. The molecule has 4 N–H and O–H groups in total. The van der Waals surface area contributed by atoms with Crippen molar-refractivity contribution in [2.75, 3.05) is 38.6 Å². The van der Waals surface area contributed by atoms with Gasteiger partial charge in [-0.2, -0.15) is 0 Å². The Morgan fingerprint density at radius 2 is 1.86 bits per heavy atom. The van der Waals surface area contributed by atoms with Crippen molar-refractivity contribution >= 4 is 28.5 Å². The van der Waals surface area contributed by atoms with Gasteiger partial charge in [-0.3, -0.25) is 19.3 Å². The molecule has 2 aliphatic heterocycles. The first-order valence-corrected chi connectivity index (χ1v) is 15.0. The second-order valence-electron chi connectivity index (χ2n) is 12.8. The van der Waals surface area contributed by atoms with Crippen molar-refractivity contribution < 1.29 is 19.4 Å². The van der Waals surface area contributed by atoms with Gasteiger partial charge in [-0.05, 0) is 75.9 Å². The Balaban J connectivity index is 1.09. The number of imidazole rings is 1. The van der Waals surface area contributed by atoms with Crippen LogP contribution in [-0.2, 0) is 0 Å². The standard InChI is InChI=1S/C33H36N6O5/c1-17-5-6-27(18(2)9-17)44-16-20(40)13-35-24-7-8-34-30(41)28(24)29-36-25-10-21-22(11-26(25)37-29)32(43)39(31(21)42)33(3)12-23(33)19-14-38(4)15-19/h5-11,19-20,23,40H,12-16H2,1-4H3,(H,36,37)(H2,34,35,41). The number of amides is 2. The van der Waals surface area contributed by atoms with Crippen LogP contribution in [-0.4, -0.2) is 86.6 Å². The van der Waals surface area contributed by atoms with E-state index < -0.39 is 11.6 Å². The normalized spacial score (nSPS) is 22.3. The Morgan fingerprint density at radius 1 is 1.11 bits per heavy atom. The van der Waals surface area contributed by atoms with E-state index in [0.717, 1.165) is 30.6 Å². The molecule has 1 saturated heterocycles. The summed E-state index contributed by atoms with van der Waals surface area (Å²) in [7, 11) is 2.08. The maximum atomic E-state index is 13.5. The fraction of sp³-hybridized carbons (Fsp3) is 0.394. The molecule has 4 aromatic rings. The van der Waals surface area contributed by atoms with Gasteiger partial charge in [0.1, 0.15) is 29.8 Å². The molecular weight excluding hydrogens is 560 g/mol. The number of hydrogen-bond donors (Lipinski definition) is 4. The van der Waals surface area contributed by atoms with E-state index in [9.17, 15) is 19.5 Å². The number of carbonyl (C=O) groups is 2. The molecule has 7 rings (SSSR count). The highest BCUT2D eigenvalue weighted by atomic mass is 16.5. The van der Waals surface area contributed by atoms with Crippen LogP contribution in [0.25, 0.3) is 22.4 Å². The second kappa shape index (κ2) is 10.3. The molecule has 1 saturated carbocycles. The van der Waals surface area contributed by atoms with Gasteiger partial charge in [-0.1, -0.05) is 17.7 Å². The Morgan fingerprint density at radius 3 is 2.59 bits per heavy atom. The molecule has 2 aromatic carbocycles. The molecule has 0 spiro atoms. The van der Waals surface area contributed by atoms with Gasteiger partial charge >= 0.3 is 0 Å². The van der Waals surface area contributed by atoms with Crippen molar-refractivity contribution in [2.24, 2.45) is 11.8 Å². The molecule has 44 heavy (non-hydrogen) atoms. The van der Waals surface area contributed by atoms with Gasteiger partial charge in [0.05, 0.1) is 33.4 Å². The van der Waals surface area contributed by atoms with Gasteiger partial charge in [0.25, 0.3) is 17.4 Å². The number of rotatable bonds is 9. The quantitative estimate of drug-likeness (QED) is 0.216. The third-order valence-electron chi connectivity index (χ3n) is 9.42. The topological polar surface area (TPSA) is 144 Å². The minimum Gasteiger partial charge on any atom is -0.491 e. The van der Waals surface area contributed by atoms with Crippen molar-refractivity contribution in [2.45, 2.75) is 38.8 Å². The number of aromatic nitrogens is 3. The first kappa shape index (κ1) is 28.3. The summed E-state index contributed by atoms with van der Waals surface area (Å²) in [6.07, 6.45) is 1.50. The average molecular weight is 597 g/mol. The largest absolute Gasteiger partial charge is 0.491 e. The maximum absolute atomic E-state index is 13.5. The summed E-state index contributed by atoms with van der Waals surface area (Å²) in [5, 5.41) is 13.7. The molecule has 11 nitrogen and oxygen atoms in total. The number of ether oxygens (including phenoxy) is 1. The molecule has 3 aliphatic rings. The molecule has 0 radical (unpaired) electrons. The van der Waals surface area contributed by atoms with Crippen molar-refractivity contribution in [3.63, 3.8) is 0 Å². The Labute approximate surface area is 254 Å². The number of hydrogen-bond acceptors (Lipinski definition) is 8. The minimum atomic E-state index is -0.848. The number of pyridine rings is 1. The number of aromatic amines is 2. The summed E-state index contributed by atoms with van der Waals surface area (Å²) in [6.45, 7) is 8.17. The fourth-order valence-corrected chi connectivity index (χ4v) is 6.94. The predicted octanol–water partition coefficient (Wildman–Crippen LogP) is 3.32. The summed E-state index contributed by atoms with van der Waals surface area (Å²) in [5.74, 6) is 1.25. The zero-order chi connectivity index (χ0) is 30.9. The molecule has 2 amide bonds. The number of anilines is 1. The van der Waals surface area contributed by atoms with Crippen LogP contribution in [0.1, 0.15) is 45.2 Å². The summed E-state index contributed by atoms with van der Waals surface area (Å²) < 4.78 is 5.80. The van der Waals surface area contributed by atoms with Gasteiger partial charge < -0.3 is 30.0 Å². The molecule has 2 aromatic heterocycles. The number of nitrogens with one attached hydrogen (secondary N) is 3. The molecular formula is C33H36N6O5. The maximum Gasteiger partial charge on any atom is 0.262 e. The molecule has 0 bridgehead atoms. The summed E-state index contributed by atoms with van der Waals surface area (Å²) >= 11 is 0. The zero-order valence-electron chi connectivity index (χ0n) is 25.2. The highest BCUT2D eigenvalue weighted by Gasteiger charge is 2.63. The third-order valence-corrected chi connectivity index (χ3v) is 9.42. The van der Waals surface area contributed by atoms with E-state index in [1.807, 2.05) is 39.0 Å². The number of fused-ring (bicyclic) bond motifs is 2. The minimum absolute atomic E-state index is 0.0716.